The van der Waals surface area contributed by atoms with Crippen LogP contribution in [-0.2, 0) is 17.7 Å². The standard InChI is InChI=1S/C17H20N4O3/c1-11(2)15-18-16(24-19-15)20-7-6-13-12(10-20)4-3-5-14(13)21-8-9-23-17(21)22/h3-5,11H,6-10H2,1-2H3. The molecule has 0 spiro atoms. The lowest BCUT2D eigenvalue weighted by molar-refractivity contribution is 0.181. The molecule has 1 fully saturated rings. The first-order chi connectivity index (χ1) is 11.6. The number of nitrogens with zero attached hydrogens (tertiary/aromatic N) is 4. The maximum Gasteiger partial charge on any atom is 0.414 e. The van der Waals surface area contributed by atoms with Gasteiger partial charge in [-0.25, -0.2) is 4.79 Å². The number of anilines is 2. The summed E-state index contributed by atoms with van der Waals surface area (Å²) in [5, 5.41) is 4.04. The SMILES string of the molecule is CC(C)c1noc(N2CCc3c(cccc3N3CCOC3=O)C2)n1. The molecule has 2 aromatic rings. The van der Waals surface area contributed by atoms with Crippen LogP contribution >= 0.6 is 0 Å². The number of rotatable bonds is 3. The second-order valence-corrected chi connectivity index (χ2v) is 6.44. The fourth-order valence-electron chi connectivity index (χ4n) is 3.21. The number of benzene rings is 1. The number of carbonyl (C=O) groups excluding carboxylic acids is 1. The van der Waals surface area contributed by atoms with Crippen LogP contribution in [0, 0.1) is 0 Å². The van der Waals surface area contributed by atoms with E-state index in [1.807, 2.05) is 26.0 Å². The van der Waals surface area contributed by atoms with E-state index in [0.717, 1.165) is 24.5 Å². The maximum atomic E-state index is 11.9. The largest absolute Gasteiger partial charge is 0.447 e. The zero-order valence-electron chi connectivity index (χ0n) is 13.9. The van der Waals surface area contributed by atoms with Crippen LogP contribution in [0.1, 0.15) is 36.7 Å². The second kappa shape index (κ2) is 5.81. The molecule has 3 heterocycles. The molecule has 0 atom stereocenters. The fourth-order valence-corrected chi connectivity index (χ4v) is 3.21. The molecule has 0 saturated carbocycles. The highest BCUT2D eigenvalue weighted by Gasteiger charge is 2.29. The molecule has 1 aromatic carbocycles. The zero-order valence-corrected chi connectivity index (χ0v) is 13.9. The summed E-state index contributed by atoms with van der Waals surface area (Å²) in [7, 11) is 0. The minimum absolute atomic E-state index is 0.243. The van der Waals surface area contributed by atoms with Crippen molar-refractivity contribution in [3.05, 3.63) is 35.2 Å². The van der Waals surface area contributed by atoms with Crippen molar-refractivity contribution in [1.29, 1.82) is 0 Å². The van der Waals surface area contributed by atoms with E-state index < -0.39 is 0 Å². The lowest BCUT2D eigenvalue weighted by atomic mass is 9.97. The predicted molar refractivity (Wildman–Crippen MR) is 88.3 cm³/mol. The first-order valence-electron chi connectivity index (χ1n) is 8.27. The zero-order chi connectivity index (χ0) is 16.7. The molecule has 7 nitrogen and oxygen atoms in total. The van der Waals surface area contributed by atoms with E-state index in [2.05, 4.69) is 21.1 Å². The molecule has 4 rings (SSSR count). The monoisotopic (exact) mass is 328 g/mol. The van der Waals surface area contributed by atoms with E-state index in [4.69, 9.17) is 9.26 Å². The van der Waals surface area contributed by atoms with Gasteiger partial charge in [-0.15, -0.1) is 0 Å². The smallest absolute Gasteiger partial charge is 0.414 e. The van der Waals surface area contributed by atoms with Crippen LogP contribution in [0.25, 0.3) is 0 Å². The molecular weight excluding hydrogens is 308 g/mol. The van der Waals surface area contributed by atoms with E-state index in [1.165, 1.54) is 11.1 Å². The molecule has 0 radical (unpaired) electrons. The van der Waals surface area contributed by atoms with Crippen LogP contribution < -0.4 is 9.80 Å². The van der Waals surface area contributed by atoms with Crippen LogP contribution in [0.4, 0.5) is 16.5 Å². The quantitative estimate of drug-likeness (QED) is 0.863. The summed E-state index contributed by atoms with van der Waals surface area (Å²) < 4.78 is 10.5. The van der Waals surface area contributed by atoms with Crippen molar-refractivity contribution in [3.63, 3.8) is 0 Å². The normalized spacial score (nSPS) is 17.4. The van der Waals surface area contributed by atoms with Crippen molar-refractivity contribution in [2.75, 3.05) is 29.5 Å². The van der Waals surface area contributed by atoms with Gasteiger partial charge in [0.15, 0.2) is 5.82 Å². The van der Waals surface area contributed by atoms with Gasteiger partial charge in [-0.1, -0.05) is 31.1 Å². The first kappa shape index (κ1) is 15.0. The highest BCUT2D eigenvalue weighted by atomic mass is 16.6. The number of hydrogen-bond donors (Lipinski definition) is 0. The van der Waals surface area contributed by atoms with Crippen molar-refractivity contribution in [3.8, 4) is 0 Å². The van der Waals surface area contributed by atoms with Gasteiger partial charge < -0.3 is 14.2 Å². The Labute approximate surface area is 140 Å². The summed E-state index contributed by atoms with van der Waals surface area (Å²) in [5.41, 5.74) is 3.35. The van der Waals surface area contributed by atoms with Crippen LogP contribution in [-0.4, -0.2) is 35.9 Å². The van der Waals surface area contributed by atoms with Crippen LogP contribution in [0.2, 0.25) is 0 Å². The van der Waals surface area contributed by atoms with Crippen LogP contribution in [0.3, 0.4) is 0 Å². The summed E-state index contributed by atoms with van der Waals surface area (Å²) >= 11 is 0. The summed E-state index contributed by atoms with van der Waals surface area (Å²) in [6.07, 6.45) is 0.568. The third-order valence-corrected chi connectivity index (χ3v) is 4.51. The third-order valence-electron chi connectivity index (χ3n) is 4.51. The van der Waals surface area contributed by atoms with E-state index in [9.17, 15) is 4.79 Å². The Bertz CT molecular complexity index is 771. The molecular formula is C17H20N4O3. The number of hydrogen-bond acceptors (Lipinski definition) is 6. The lowest BCUT2D eigenvalue weighted by Crippen LogP contribution is -2.33. The van der Waals surface area contributed by atoms with Gasteiger partial charge in [0, 0.05) is 19.0 Å². The molecule has 2 aliphatic heterocycles. The molecule has 2 aliphatic rings. The lowest BCUT2D eigenvalue weighted by Gasteiger charge is -2.30. The van der Waals surface area contributed by atoms with Gasteiger partial charge in [-0.05, 0) is 23.6 Å². The number of cyclic esters (lactones) is 1. The van der Waals surface area contributed by atoms with Crippen molar-refractivity contribution in [2.24, 2.45) is 0 Å². The molecule has 126 valence electrons. The van der Waals surface area contributed by atoms with Gasteiger partial charge in [0.2, 0.25) is 0 Å². The Kier molecular flexibility index (Phi) is 3.63. The van der Waals surface area contributed by atoms with Crippen molar-refractivity contribution in [1.82, 2.24) is 10.1 Å². The molecule has 1 saturated heterocycles. The van der Waals surface area contributed by atoms with Crippen LogP contribution in [0.5, 0.6) is 0 Å². The summed E-state index contributed by atoms with van der Waals surface area (Å²) in [5.74, 6) is 0.969. The Hall–Kier alpha value is -2.57. The molecule has 0 bridgehead atoms. The number of aromatic nitrogens is 2. The summed E-state index contributed by atoms with van der Waals surface area (Å²) in [4.78, 5) is 20.2. The van der Waals surface area contributed by atoms with Gasteiger partial charge in [-0.2, -0.15) is 4.98 Å². The molecule has 7 heteroatoms. The maximum absolute atomic E-state index is 11.9. The van der Waals surface area contributed by atoms with E-state index >= 15 is 0 Å². The van der Waals surface area contributed by atoms with Crippen molar-refractivity contribution < 1.29 is 14.1 Å². The number of fused-ring (bicyclic) bond motifs is 1. The molecule has 1 amide bonds. The Morgan fingerprint density at radius 2 is 2.12 bits per heavy atom. The minimum Gasteiger partial charge on any atom is -0.447 e. The first-order valence-corrected chi connectivity index (χ1v) is 8.27. The van der Waals surface area contributed by atoms with Gasteiger partial charge in [0.1, 0.15) is 6.61 Å². The molecule has 1 aromatic heterocycles. The highest BCUT2D eigenvalue weighted by Crippen LogP contribution is 2.32. The number of ether oxygens (including phenoxy) is 1. The van der Waals surface area contributed by atoms with Gasteiger partial charge in [0.05, 0.1) is 12.2 Å². The molecule has 0 N–H and O–H groups in total. The Balaban J connectivity index is 1.60. The van der Waals surface area contributed by atoms with Gasteiger partial charge in [-0.3, -0.25) is 4.90 Å². The average molecular weight is 328 g/mol. The summed E-state index contributed by atoms with van der Waals surface area (Å²) in [6, 6.07) is 6.63. The molecule has 0 unspecified atom stereocenters. The minimum atomic E-state index is -0.260. The number of amides is 1. The van der Waals surface area contributed by atoms with Crippen molar-refractivity contribution in [2.45, 2.75) is 32.7 Å². The highest BCUT2D eigenvalue weighted by molar-refractivity contribution is 5.90. The Morgan fingerprint density at radius 1 is 1.25 bits per heavy atom. The topological polar surface area (TPSA) is 71.7 Å². The third kappa shape index (κ3) is 2.50. The van der Waals surface area contributed by atoms with Gasteiger partial charge >= 0.3 is 12.1 Å². The second-order valence-electron chi connectivity index (χ2n) is 6.44. The van der Waals surface area contributed by atoms with Crippen LogP contribution in [0.15, 0.2) is 22.7 Å². The summed E-state index contributed by atoms with van der Waals surface area (Å²) in [6.45, 7) is 6.64. The van der Waals surface area contributed by atoms with E-state index in [1.54, 1.807) is 4.90 Å². The average Bonchev–Trinajstić information content (AvgIpc) is 3.23. The van der Waals surface area contributed by atoms with E-state index in [0.29, 0.717) is 25.7 Å². The molecule has 24 heavy (non-hydrogen) atoms. The Morgan fingerprint density at radius 3 is 2.83 bits per heavy atom. The molecule has 0 aliphatic carbocycles. The van der Waals surface area contributed by atoms with Gasteiger partial charge in [0.25, 0.3) is 0 Å². The van der Waals surface area contributed by atoms with E-state index in [-0.39, 0.29) is 12.0 Å². The number of carbonyl (C=O) groups is 1. The fraction of sp³-hybridized carbons (Fsp3) is 0.471. The van der Waals surface area contributed by atoms with Crippen molar-refractivity contribution >= 4 is 17.8 Å². The predicted octanol–water partition coefficient (Wildman–Crippen LogP) is 2.71.